The van der Waals surface area contributed by atoms with E-state index in [1.165, 1.54) is 17.9 Å². The van der Waals surface area contributed by atoms with Crippen LogP contribution in [-0.4, -0.2) is 56.3 Å². The standard InChI is InChI=1S/C26H34ClN3O6S/c1-5-18(4)28-26(32)22(6-2)29(15-19-10-8-9-11-21(19)27)25(31)16-30(37(33,34)7-3)20-12-13-23-24(14-20)36-17-35-23/h8-14,18,22H,5-7,15-17H2,1-4H3,(H,28,32). The molecule has 0 saturated carbocycles. The topological polar surface area (TPSA) is 105 Å². The second-order valence-electron chi connectivity index (χ2n) is 8.80. The van der Waals surface area contributed by atoms with Crippen LogP contribution in [0.15, 0.2) is 42.5 Å². The van der Waals surface area contributed by atoms with Gasteiger partial charge in [0.25, 0.3) is 0 Å². The zero-order valence-corrected chi connectivity index (χ0v) is 23.1. The highest BCUT2D eigenvalue weighted by Crippen LogP contribution is 2.36. The zero-order chi connectivity index (χ0) is 27.2. The molecule has 1 aliphatic rings. The molecule has 0 saturated heterocycles. The van der Waals surface area contributed by atoms with Crippen LogP contribution >= 0.6 is 11.6 Å². The molecule has 202 valence electrons. The highest BCUT2D eigenvalue weighted by molar-refractivity contribution is 7.92. The minimum atomic E-state index is -3.85. The number of hydrogen-bond acceptors (Lipinski definition) is 6. The number of halogens is 1. The molecule has 9 nitrogen and oxygen atoms in total. The number of nitrogens with zero attached hydrogens (tertiary/aromatic N) is 2. The molecular formula is C26H34ClN3O6S. The summed E-state index contributed by atoms with van der Waals surface area (Å²) in [5.41, 5.74) is 0.925. The molecule has 37 heavy (non-hydrogen) atoms. The molecule has 0 aliphatic carbocycles. The Morgan fingerprint density at radius 2 is 1.76 bits per heavy atom. The Morgan fingerprint density at radius 1 is 1.05 bits per heavy atom. The molecule has 0 aromatic heterocycles. The van der Waals surface area contributed by atoms with Crippen LogP contribution in [0.25, 0.3) is 0 Å². The molecule has 2 aromatic rings. The first-order valence-corrected chi connectivity index (χ1v) is 14.3. The lowest BCUT2D eigenvalue weighted by Crippen LogP contribution is -2.53. The van der Waals surface area contributed by atoms with Crippen LogP contribution in [-0.2, 0) is 26.2 Å². The Hall–Kier alpha value is -2.98. The summed E-state index contributed by atoms with van der Waals surface area (Å²) in [5, 5.41) is 3.39. The van der Waals surface area contributed by atoms with Gasteiger partial charge in [0.15, 0.2) is 11.5 Å². The fraction of sp³-hybridized carbons (Fsp3) is 0.462. The molecule has 2 aromatic carbocycles. The summed E-state index contributed by atoms with van der Waals surface area (Å²) in [4.78, 5) is 28.4. The average Bonchev–Trinajstić information content (AvgIpc) is 3.35. The van der Waals surface area contributed by atoms with E-state index in [-0.39, 0.29) is 36.7 Å². The van der Waals surface area contributed by atoms with Crippen molar-refractivity contribution < 1.29 is 27.5 Å². The number of amides is 2. The maximum atomic E-state index is 13.8. The monoisotopic (exact) mass is 551 g/mol. The summed E-state index contributed by atoms with van der Waals surface area (Å²) in [6.45, 7) is 6.76. The van der Waals surface area contributed by atoms with Crippen molar-refractivity contribution in [3.8, 4) is 11.5 Å². The number of carbonyl (C=O) groups excluding carboxylic acids is 2. The van der Waals surface area contributed by atoms with Crippen LogP contribution < -0.4 is 19.1 Å². The SMILES string of the molecule is CCC(C)NC(=O)C(CC)N(Cc1ccccc1Cl)C(=O)CN(c1ccc2c(c1)OCO2)S(=O)(=O)CC. The van der Waals surface area contributed by atoms with E-state index in [1.807, 2.05) is 20.8 Å². The molecule has 1 heterocycles. The smallest absolute Gasteiger partial charge is 0.244 e. The molecule has 3 rings (SSSR count). The summed E-state index contributed by atoms with van der Waals surface area (Å²) in [6.07, 6.45) is 1.07. The van der Waals surface area contributed by atoms with E-state index in [9.17, 15) is 18.0 Å². The average molecular weight is 552 g/mol. The van der Waals surface area contributed by atoms with Gasteiger partial charge in [0.05, 0.1) is 11.4 Å². The van der Waals surface area contributed by atoms with Crippen molar-refractivity contribution in [2.24, 2.45) is 0 Å². The molecule has 1 aliphatic heterocycles. The van der Waals surface area contributed by atoms with E-state index < -0.39 is 28.5 Å². The van der Waals surface area contributed by atoms with Crippen molar-refractivity contribution in [1.82, 2.24) is 10.2 Å². The Balaban J connectivity index is 1.98. The largest absolute Gasteiger partial charge is 0.454 e. The summed E-state index contributed by atoms with van der Waals surface area (Å²) < 4.78 is 38.0. The predicted octanol–water partition coefficient (Wildman–Crippen LogP) is 3.95. The van der Waals surface area contributed by atoms with Gasteiger partial charge in [-0.2, -0.15) is 0 Å². The van der Waals surface area contributed by atoms with E-state index in [1.54, 1.807) is 36.4 Å². The molecule has 2 amide bonds. The first-order valence-electron chi connectivity index (χ1n) is 12.3. The number of carbonyl (C=O) groups is 2. The van der Waals surface area contributed by atoms with Crippen LogP contribution in [0.2, 0.25) is 5.02 Å². The minimum Gasteiger partial charge on any atom is -0.454 e. The molecule has 0 radical (unpaired) electrons. The number of hydrogen-bond donors (Lipinski definition) is 1. The van der Waals surface area contributed by atoms with Gasteiger partial charge in [0.2, 0.25) is 28.6 Å². The van der Waals surface area contributed by atoms with Gasteiger partial charge in [-0.3, -0.25) is 13.9 Å². The minimum absolute atomic E-state index is 0.0351. The third kappa shape index (κ3) is 6.87. The predicted molar refractivity (Wildman–Crippen MR) is 143 cm³/mol. The van der Waals surface area contributed by atoms with E-state index in [2.05, 4.69) is 5.32 Å². The molecular weight excluding hydrogens is 518 g/mol. The molecule has 0 spiro atoms. The van der Waals surface area contributed by atoms with Crippen LogP contribution in [0.1, 0.15) is 46.1 Å². The first kappa shape index (κ1) is 28.6. The number of sulfonamides is 1. The fourth-order valence-corrected chi connectivity index (χ4v) is 5.18. The lowest BCUT2D eigenvalue weighted by Gasteiger charge is -2.33. The van der Waals surface area contributed by atoms with Crippen molar-refractivity contribution >= 4 is 39.1 Å². The molecule has 1 N–H and O–H groups in total. The normalized spacial score (nSPS) is 14.1. The summed E-state index contributed by atoms with van der Waals surface area (Å²) in [7, 11) is -3.85. The van der Waals surface area contributed by atoms with E-state index in [0.29, 0.717) is 28.5 Å². The van der Waals surface area contributed by atoms with Gasteiger partial charge < -0.3 is 19.7 Å². The van der Waals surface area contributed by atoms with Crippen LogP contribution in [0.3, 0.4) is 0 Å². The number of fused-ring (bicyclic) bond motifs is 1. The van der Waals surface area contributed by atoms with Gasteiger partial charge in [-0.25, -0.2) is 8.42 Å². The molecule has 0 fully saturated rings. The maximum absolute atomic E-state index is 13.8. The highest BCUT2D eigenvalue weighted by atomic mass is 35.5. The van der Waals surface area contributed by atoms with Gasteiger partial charge in [-0.15, -0.1) is 0 Å². The second kappa shape index (κ2) is 12.5. The number of ether oxygens (including phenoxy) is 2. The molecule has 0 bridgehead atoms. The molecule has 11 heteroatoms. The number of rotatable bonds is 12. The quantitative estimate of drug-likeness (QED) is 0.428. The van der Waals surface area contributed by atoms with Crippen molar-refractivity contribution in [2.45, 2.75) is 59.2 Å². The van der Waals surface area contributed by atoms with Gasteiger partial charge in [-0.05, 0) is 50.5 Å². The van der Waals surface area contributed by atoms with E-state index in [0.717, 1.165) is 10.7 Å². The number of benzene rings is 2. The highest BCUT2D eigenvalue weighted by Gasteiger charge is 2.33. The second-order valence-corrected chi connectivity index (χ2v) is 11.4. The number of nitrogens with one attached hydrogen (secondary N) is 1. The Morgan fingerprint density at radius 3 is 2.41 bits per heavy atom. The zero-order valence-electron chi connectivity index (χ0n) is 21.6. The Labute approximate surface area is 223 Å². The Bertz CT molecular complexity index is 1220. The van der Waals surface area contributed by atoms with Crippen LogP contribution in [0.4, 0.5) is 5.69 Å². The summed E-state index contributed by atoms with van der Waals surface area (Å²) >= 11 is 6.39. The summed E-state index contributed by atoms with van der Waals surface area (Å²) in [6, 6.07) is 10.9. The van der Waals surface area contributed by atoms with Gasteiger partial charge in [-0.1, -0.05) is 43.6 Å². The van der Waals surface area contributed by atoms with Crippen molar-refractivity contribution in [3.05, 3.63) is 53.1 Å². The molecule has 2 unspecified atom stereocenters. The third-order valence-corrected chi connectivity index (χ3v) is 8.42. The van der Waals surface area contributed by atoms with Gasteiger partial charge in [0, 0.05) is 23.7 Å². The number of anilines is 1. The van der Waals surface area contributed by atoms with Crippen LogP contribution in [0.5, 0.6) is 11.5 Å². The molecule has 2 atom stereocenters. The van der Waals surface area contributed by atoms with Crippen molar-refractivity contribution in [2.75, 3.05) is 23.4 Å². The lowest BCUT2D eigenvalue weighted by atomic mass is 10.1. The van der Waals surface area contributed by atoms with Crippen molar-refractivity contribution in [3.63, 3.8) is 0 Å². The first-order chi connectivity index (χ1) is 17.6. The maximum Gasteiger partial charge on any atom is 0.244 e. The Kier molecular flexibility index (Phi) is 9.67. The van der Waals surface area contributed by atoms with E-state index >= 15 is 0 Å². The third-order valence-electron chi connectivity index (χ3n) is 6.31. The van der Waals surface area contributed by atoms with Crippen molar-refractivity contribution in [1.29, 1.82) is 0 Å². The lowest BCUT2D eigenvalue weighted by molar-refractivity contribution is -0.140. The van der Waals surface area contributed by atoms with Gasteiger partial charge >= 0.3 is 0 Å². The van der Waals surface area contributed by atoms with E-state index in [4.69, 9.17) is 21.1 Å². The fourth-order valence-electron chi connectivity index (χ4n) is 3.93. The van der Waals surface area contributed by atoms with Crippen LogP contribution in [0, 0.1) is 0 Å². The summed E-state index contributed by atoms with van der Waals surface area (Å²) in [5.74, 6) is -0.151. The van der Waals surface area contributed by atoms with Gasteiger partial charge in [0.1, 0.15) is 12.6 Å².